The van der Waals surface area contributed by atoms with Crippen LogP contribution >= 0.6 is 0 Å². The second kappa shape index (κ2) is 16.8. The first-order valence-electron chi connectivity index (χ1n) is 16.4. The van der Waals surface area contributed by atoms with Gasteiger partial charge in [-0.2, -0.15) is 0 Å². The minimum atomic E-state index is -0.895. The second-order valence-corrected chi connectivity index (χ2v) is 12.9. The Morgan fingerprint density at radius 2 is 1.40 bits per heavy atom. The van der Waals surface area contributed by atoms with E-state index in [1.165, 1.54) is 28.0 Å². The fraction of sp³-hybridized carbons (Fsp3) is 0.325. The standard InChI is InChI=1S/C40H47FN4O3/c1-40(2,42-3)24-11-16-37(46)44(4)36(28-31-17-20-32-14-9-10-15-33(32)26-31)39(48)45(5)35(27-30-18-21-34(41)22-19-30)38(47)43-25-23-29-12-7-6-8-13-29/h6-22,26,35-36,42H,23-25,27-28H2,1-5H3,(H,43,47)/b16-11+. The molecule has 7 nitrogen and oxygen atoms in total. The van der Waals surface area contributed by atoms with Crippen molar-refractivity contribution in [1.29, 1.82) is 0 Å². The summed E-state index contributed by atoms with van der Waals surface area (Å²) in [5.41, 5.74) is 2.49. The Bertz CT molecular complexity index is 1700. The van der Waals surface area contributed by atoms with Crippen LogP contribution in [-0.2, 0) is 33.6 Å². The van der Waals surface area contributed by atoms with E-state index in [1.807, 2.05) is 99.8 Å². The number of rotatable bonds is 15. The van der Waals surface area contributed by atoms with Crippen molar-refractivity contribution in [2.45, 2.75) is 57.2 Å². The first kappa shape index (κ1) is 36.0. The van der Waals surface area contributed by atoms with Gasteiger partial charge in [-0.25, -0.2) is 4.39 Å². The number of halogens is 1. The molecule has 0 radical (unpaired) electrons. The average Bonchev–Trinajstić information content (AvgIpc) is 3.09. The number of likely N-dealkylation sites (N-methyl/N-ethyl adjacent to an activating group) is 2. The molecule has 4 aromatic carbocycles. The number of nitrogens with zero attached hydrogens (tertiary/aromatic N) is 2. The van der Waals surface area contributed by atoms with Gasteiger partial charge in [-0.15, -0.1) is 0 Å². The maximum atomic E-state index is 14.5. The van der Waals surface area contributed by atoms with E-state index in [9.17, 15) is 18.8 Å². The van der Waals surface area contributed by atoms with Crippen molar-refractivity contribution < 1.29 is 18.8 Å². The highest BCUT2D eigenvalue weighted by molar-refractivity contribution is 5.95. The van der Waals surface area contributed by atoms with E-state index in [-0.39, 0.29) is 41.9 Å². The number of carbonyl (C=O) groups excluding carboxylic acids is 3. The molecule has 2 N–H and O–H groups in total. The van der Waals surface area contributed by atoms with Crippen LogP contribution in [0, 0.1) is 5.82 Å². The van der Waals surface area contributed by atoms with Crippen molar-refractivity contribution in [3.63, 3.8) is 0 Å². The summed E-state index contributed by atoms with van der Waals surface area (Å²) in [5.74, 6) is -1.38. The molecule has 3 amide bonds. The topological polar surface area (TPSA) is 81.8 Å². The molecule has 4 rings (SSSR count). The number of hydrogen-bond acceptors (Lipinski definition) is 4. The van der Waals surface area contributed by atoms with Crippen LogP contribution in [0.3, 0.4) is 0 Å². The zero-order chi connectivity index (χ0) is 34.7. The maximum Gasteiger partial charge on any atom is 0.246 e. The molecule has 0 saturated heterocycles. The summed E-state index contributed by atoms with van der Waals surface area (Å²) in [4.78, 5) is 44.7. The van der Waals surface area contributed by atoms with Gasteiger partial charge in [-0.1, -0.05) is 91.0 Å². The van der Waals surface area contributed by atoms with Gasteiger partial charge in [-0.05, 0) is 79.4 Å². The van der Waals surface area contributed by atoms with Gasteiger partial charge in [-0.3, -0.25) is 14.4 Å². The number of amides is 3. The lowest BCUT2D eigenvalue weighted by Crippen LogP contribution is -2.56. The zero-order valence-corrected chi connectivity index (χ0v) is 28.6. The summed E-state index contributed by atoms with van der Waals surface area (Å²) in [5, 5.41) is 8.33. The lowest BCUT2D eigenvalue weighted by atomic mass is 9.98. The monoisotopic (exact) mass is 650 g/mol. The van der Waals surface area contributed by atoms with Crippen LogP contribution in [0.2, 0.25) is 0 Å². The van der Waals surface area contributed by atoms with Crippen molar-refractivity contribution in [1.82, 2.24) is 20.4 Å². The highest BCUT2D eigenvalue weighted by atomic mass is 19.1. The Hall–Kier alpha value is -4.82. The first-order chi connectivity index (χ1) is 23.0. The molecule has 252 valence electrons. The van der Waals surface area contributed by atoms with Crippen LogP contribution in [0.1, 0.15) is 37.0 Å². The Balaban J connectivity index is 1.62. The molecule has 48 heavy (non-hydrogen) atoms. The molecule has 0 aliphatic rings. The third kappa shape index (κ3) is 10.1. The van der Waals surface area contributed by atoms with Crippen LogP contribution in [-0.4, -0.2) is 72.8 Å². The van der Waals surface area contributed by atoms with E-state index in [1.54, 1.807) is 26.2 Å². The molecule has 0 aliphatic heterocycles. The predicted octanol–water partition coefficient (Wildman–Crippen LogP) is 5.72. The number of hydrogen-bond donors (Lipinski definition) is 2. The third-order valence-corrected chi connectivity index (χ3v) is 8.92. The molecule has 0 aromatic heterocycles. The quantitative estimate of drug-likeness (QED) is 0.161. The summed E-state index contributed by atoms with van der Waals surface area (Å²) in [7, 11) is 5.10. The molecule has 0 saturated carbocycles. The predicted molar refractivity (Wildman–Crippen MR) is 191 cm³/mol. The van der Waals surface area contributed by atoms with Crippen LogP contribution < -0.4 is 10.6 Å². The van der Waals surface area contributed by atoms with Gasteiger partial charge in [0.1, 0.15) is 17.9 Å². The molecule has 0 fully saturated rings. The van der Waals surface area contributed by atoms with Gasteiger partial charge in [0.05, 0.1) is 0 Å². The summed E-state index contributed by atoms with van der Waals surface area (Å²) >= 11 is 0. The Morgan fingerprint density at radius 3 is 2.08 bits per heavy atom. The van der Waals surface area contributed by atoms with Gasteiger partial charge in [0.2, 0.25) is 17.7 Å². The van der Waals surface area contributed by atoms with Gasteiger partial charge in [0, 0.05) is 39.0 Å². The van der Waals surface area contributed by atoms with E-state index in [0.29, 0.717) is 24.9 Å². The lowest BCUT2D eigenvalue weighted by Gasteiger charge is -2.34. The Kier molecular flexibility index (Phi) is 12.6. The van der Waals surface area contributed by atoms with Crippen molar-refractivity contribution >= 4 is 28.5 Å². The normalized spacial score (nSPS) is 12.9. The molecular weight excluding hydrogens is 603 g/mol. The largest absolute Gasteiger partial charge is 0.354 e. The van der Waals surface area contributed by atoms with Crippen molar-refractivity contribution in [2.24, 2.45) is 0 Å². The van der Waals surface area contributed by atoms with Crippen LogP contribution in [0.15, 0.2) is 109 Å². The number of fused-ring (bicyclic) bond motifs is 1. The summed E-state index contributed by atoms with van der Waals surface area (Å²) < 4.78 is 13.8. The summed E-state index contributed by atoms with van der Waals surface area (Å²) in [6.45, 7) is 4.47. The van der Waals surface area contributed by atoms with E-state index >= 15 is 0 Å². The van der Waals surface area contributed by atoms with E-state index in [2.05, 4.69) is 10.6 Å². The second-order valence-electron chi connectivity index (χ2n) is 12.9. The Morgan fingerprint density at radius 1 is 0.771 bits per heavy atom. The maximum absolute atomic E-state index is 14.5. The third-order valence-electron chi connectivity index (χ3n) is 8.92. The molecule has 0 heterocycles. The molecule has 0 spiro atoms. The highest BCUT2D eigenvalue weighted by Crippen LogP contribution is 2.20. The van der Waals surface area contributed by atoms with Crippen molar-refractivity contribution in [3.8, 4) is 0 Å². The summed E-state index contributed by atoms with van der Waals surface area (Å²) in [6.07, 6.45) is 5.01. The molecule has 8 heteroatoms. The SMILES string of the molecule is CNC(C)(C)C/C=C/C(=O)N(C)C(Cc1ccc2ccccc2c1)C(=O)N(C)C(Cc1ccc(F)cc1)C(=O)NCCc1ccccc1. The van der Waals surface area contributed by atoms with Gasteiger partial charge in [0.25, 0.3) is 0 Å². The van der Waals surface area contributed by atoms with Gasteiger partial charge < -0.3 is 20.4 Å². The van der Waals surface area contributed by atoms with Crippen LogP contribution in [0.4, 0.5) is 4.39 Å². The minimum Gasteiger partial charge on any atom is -0.354 e. The number of benzene rings is 4. The van der Waals surface area contributed by atoms with Crippen molar-refractivity contribution in [2.75, 3.05) is 27.7 Å². The van der Waals surface area contributed by atoms with Crippen LogP contribution in [0.25, 0.3) is 10.8 Å². The summed E-state index contributed by atoms with van der Waals surface area (Å²) in [6, 6.07) is 28.0. The fourth-order valence-corrected chi connectivity index (χ4v) is 5.54. The average molecular weight is 651 g/mol. The minimum absolute atomic E-state index is 0.180. The zero-order valence-electron chi connectivity index (χ0n) is 28.6. The number of nitrogens with one attached hydrogen (secondary N) is 2. The first-order valence-corrected chi connectivity index (χ1v) is 16.4. The smallest absolute Gasteiger partial charge is 0.246 e. The van der Waals surface area contributed by atoms with E-state index in [4.69, 9.17) is 0 Å². The molecule has 0 aliphatic carbocycles. The molecule has 0 bridgehead atoms. The van der Waals surface area contributed by atoms with Crippen LogP contribution in [0.5, 0.6) is 0 Å². The number of carbonyl (C=O) groups is 3. The molecular formula is C40H47FN4O3. The fourth-order valence-electron chi connectivity index (χ4n) is 5.54. The molecule has 4 aromatic rings. The van der Waals surface area contributed by atoms with E-state index < -0.39 is 12.1 Å². The van der Waals surface area contributed by atoms with Crippen molar-refractivity contribution in [3.05, 3.63) is 132 Å². The molecule has 2 unspecified atom stereocenters. The van der Waals surface area contributed by atoms with Gasteiger partial charge >= 0.3 is 0 Å². The Labute approximate surface area is 283 Å². The molecule has 2 atom stereocenters. The van der Waals surface area contributed by atoms with E-state index in [0.717, 1.165) is 21.9 Å². The lowest BCUT2D eigenvalue weighted by molar-refractivity contribution is -0.146. The highest BCUT2D eigenvalue weighted by Gasteiger charge is 2.35. The van der Waals surface area contributed by atoms with Gasteiger partial charge in [0.15, 0.2) is 0 Å².